The molecule has 1 aliphatic heterocycles. The van der Waals surface area contributed by atoms with Gasteiger partial charge in [-0.05, 0) is 34.9 Å². The summed E-state index contributed by atoms with van der Waals surface area (Å²) in [6, 6.07) is 31.9. The molecule has 0 N–H and O–H groups in total. The van der Waals surface area contributed by atoms with E-state index in [0.717, 1.165) is 16.7 Å². The Morgan fingerprint density at radius 1 is 0.806 bits per heavy atom. The van der Waals surface area contributed by atoms with Gasteiger partial charge in [-0.1, -0.05) is 72.8 Å². The van der Waals surface area contributed by atoms with Gasteiger partial charge in [-0.2, -0.15) is 0 Å². The predicted molar refractivity (Wildman–Crippen MR) is 138 cm³/mol. The summed E-state index contributed by atoms with van der Waals surface area (Å²) in [6.45, 7) is 0.848. The van der Waals surface area contributed by atoms with E-state index in [1.165, 1.54) is 12.1 Å². The molecule has 0 radical (unpaired) electrons. The van der Waals surface area contributed by atoms with Crippen LogP contribution in [0, 0.1) is 10.1 Å². The first-order valence-electron chi connectivity index (χ1n) is 11.6. The Morgan fingerprint density at radius 3 is 2.06 bits per heavy atom. The van der Waals surface area contributed by atoms with Crippen LogP contribution < -0.4 is 9.64 Å². The smallest absolute Gasteiger partial charge is 0.270 e. The SMILES string of the molecule is COc1cccc([C@@H]2N(Cc3ccccc3)C(=O)c3cc([N+](=O)[O-])ccc3N2Cc2ccccc2)c1. The number of fused-ring (bicyclic) bond motifs is 1. The monoisotopic (exact) mass is 479 g/mol. The van der Waals surface area contributed by atoms with E-state index < -0.39 is 11.1 Å². The zero-order valence-corrected chi connectivity index (χ0v) is 19.8. The zero-order chi connectivity index (χ0) is 25.1. The summed E-state index contributed by atoms with van der Waals surface area (Å²) in [5, 5.41) is 11.5. The van der Waals surface area contributed by atoms with Crippen molar-refractivity contribution in [2.45, 2.75) is 19.3 Å². The highest BCUT2D eigenvalue weighted by molar-refractivity contribution is 6.02. The molecule has 0 aromatic heterocycles. The summed E-state index contributed by atoms with van der Waals surface area (Å²) in [5.41, 5.74) is 3.78. The third kappa shape index (κ3) is 4.51. The molecule has 4 aromatic carbocycles. The zero-order valence-electron chi connectivity index (χ0n) is 19.8. The standard InChI is InChI=1S/C29H25N3O4/c1-36-25-14-8-13-23(17-25)28-30(19-21-9-4-2-5-10-21)27-16-15-24(32(34)35)18-26(27)29(33)31(28)20-22-11-6-3-7-12-22/h2-18,28H,19-20H2,1H3/t28-/m0/s1. The molecule has 36 heavy (non-hydrogen) atoms. The lowest BCUT2D eigenvalue weighted by molar-refractivity contribution is -0.384. The molecule has 1 atom stereocenters. The van der Waals surface area contributed by atoms with Crippen molar-refractivity contribution in [3.63, 3.8) is 0 Å². The number of benzene rings is 4. The average Bonchev–Trinajstić information content (AvgIpc) is 2.92. The van der Waals surface area contributed by atoms with Gasteiger partial charge in [0.15, 0.2) is 0 Å². The van der Waals surface area contributed by atoms with Crippen LogP contribution in [0.2, 0.25) is 0 Å². The second-order valence-corrected chi connectivity index (χ2v) is 8.64. The number of non-ortho nitro benzene ring substituents is 1. The number of carbonyl (C=O) groups excluding carboxylic acids is 1. The molecule has 7 heteroatoms. The molecule has 0 saturated carbocycles. The summed E-state index contributed by atoms with van der Waals surface area (Å²) in [7, 11) is 1.61. The molecule has 1 heterocycles. The molecule has 0 fully saturated rings. The van der Waals surface area contributed by atoms with Crippen LogP contribution >= 0.6 is 0 Å². The summed E-state index contributed by atoms with van der Waals surface area (Å²) >= 11 is 0. The number of nitro groups is 1. The number of carbonyl (C=O) groups is 1. The number of anilines is 1. The van der Waals surface area contributed by atoms with Crippen LogP contribution in [0.25, 0.3) is 0 Å². The molecule has 4 aromatic rings. The minimum Gasteiger partial charge on any atom is -0.497 e. The molecular weight excluding hydrogens is 454 g/mol. The van der Waals surface area contributed by atoms with Crippen molar-refractivity contribution in [3.05, 3.63) is 135 Å². The van der Waals surface area contributed by atoms with E-state index in [1.807, 2.05) is 84.9 Å². The lowest BCUT2D eigenvalue weighted by Gasteiger charge is -2.46. The molecule has 7 nitrogen and oxygen atoms in total. The Morgan fingerprint density at radius 2 is 1.44 bits per heavy atom. The van der Waals surface area contributed by atoms with Crippen LogP contribution in [0.3, 0.4) is 0 Å². The first-order valence-corrected chi connectivity index (χ1v) is 11.6. The number of rotatable bonds is 7. The molecule has 5 rings (SSSR count). The summed E-state index contributed by atoms with van der Waals surface area (Å²) in [4.78, 5) is 29.0. The van der Waals surface area contributed by atoms with Crippen molar-refractivity contribution in [1.82, 2.24) is 4.90 Å². The average molecular weight is 480 g/mol. The number of nitrogens with zero attached hydrogens (tertiary/aromatic N) is 3. The first-order chi connectivity index (χ1) is 17.5. The quantitative estimate of drug-likeness (QED) is 0.241. The van der Waals surface area contributed by atoms with Gasteiger partial charge in [0.05, 0.1) is 23.3 Å². The lowest BCUT2D eigenvalue weighted by Crippen LogP contribution is -2.48. The van der Waals surface area contributed by atoms with E-state index in [-0.39, 0.29) is 11.6 Å². The number of hydrogen-bond donors (Lipinski definition) is 0. The highest BCUT2D eigenvalue weighted by Gasteiger charge is 2.39. The fraction of sp³-hybridized carbons (Fsp3) is 0.138. The maximum absolute atomic E-state index is 14.0. The van der Waals surface area contributed by atoms with Crippen LogP contribution in [0.5, 0.6) is 5.75 Å². The maximum atomic E-state index is 14.0. The van der Waals surface area contributed by atoms with E-state index >= 15 is 0 Å². The van der Waals surface area contributed by atoms with E-state index in [4.69, 9.17) is 4.74 Å². The minimum atomic E-state index is -0.467. The highest BCUT2D eigenvalue weighted by atomic mass is 16.6. The molecule has 1 amide bonds. The molecule has 180 valence electrons. The Hall–Kier alpha value is -4.65. The fourth-order valence-corrected chi connectivity index (χ4v) is 4.68. The maximum Gasteiger partial charge on any atom is 0.270 e. The van der Waals surface area contributed by atoms with Crippen molar-refractivity contribution < 1.29 is 14.5 Å². The van der Waals surface area contributed by atoms with Gasteiger partial charge in [-0.15, -0.1) is 0 Å². The summed E-state index contributed by atoms with van der Waals surface area (Å²) in [6.07, 6.45) is -0.457. The van der Waals surface area contributed by atoms with Crippen LogP contribution in [-0.2, 0) is 13.1 Å². The van der Waals surface area contributed by atoms with Crippen LogP contribution in [-0.4, -0.2) is 22.8 Å². The normalized spacial score (nSPS) is 14.9. The van der Waals surface area contributed by atoms with Gasteiger partial charge in [0.2, 0.25) is 0 Å². The van der Waals surface area contributed by atoms with Gasteiger partial charge in [0, 0.05) is 25.2 Å². The minimum absolute atomic E-state index is 0.110. The van der Waals surface area contributed by atoms with Crippen molar-refractivity contribution >= 4 is 17.3 Å². The number of ether oxygens (including phenoxy) is 1. The molecular formula is C29H25N3O4. The summed E-state index contributed by atoms with van der Waals surface area (Å²) < 4.78 is 5.49. The largest absolute Gasteiger partial charge is 0.497 e. The molecule has 0 bridgehead atoms. The number of nitro benzene ring substituents is 1. The van der Waals surface area contributed by atoms with Crippen molar-refractivity contribution in [3.8, 4) is 5.75 Å². The Labute approximate surface area is 209 Å². The van der Waals surface area contributed by atoms with Gasteiger partial charge in [-0.25, -0.2) is 0 Å². The van der Waals surface area contributed by atoms with Gasteiger partial charge in [0.25, 0.3) is 11.6 Å². The highest BCUT2D eigenvalue weighted by Crippen LogP contribution is 2.42. The second kappa shape index (κ2) is 9.92. The van der Waals surface area contributed by atoms with E-state index in [9.17, 15) is 14.9 Å². The number of hydrogen-bond acceptors (Lipinski definition) is 5. The van der Waals surface area contributed by atoms with Gasteiger partial charge in [0.1, 0.15) is 11.9 Å². The molecule has 1 aliphatic rings. The predicted octanol–water partition coefficient (Wildman–Crippen LogP) is 5.96. The fourth-order valence-electron chi connectivity index (χ4n) is 4.68. The van der Waals surface area contributed by atoms with Gasteiger partial charge < -0.3 is 14.5 Å². The Balaban J connectivity index is 1.70. The Bertz CT molecular complexity index is 1390. The Kier molecular flexibility index (Phi) is 6.36. The van der Waals surface area contributed by atoms with Gasteiger partial charge >= 0.3 is 0 Å². The first kappa shape index (κ1) is 23.1. The van der Waals surface area contributed by atoms with E-state index in [1.54, 1.807) is 18.1 Å². The van der Waals surface area contributed by atoms with E-state index in [2.05, 4.69) is 4.90 Å². The number of methoxy groups -OCH3 is 1. The molecule has 0 spiro atoms. The van der Waals surface area contributed by atoms with Crippen LogP contribution in [0.15, 0.2) is 103 Å². The van der Waals surface area contributed by atoms with Gasteiger partial charge in [-0.3, -0.25) is 14.9 Å². The van der Waals surface area contributed by atoms with Crippen LogP contribution in [0.1, 0.15) is 33.2 Å². The topological polar surface area (TPSA) is 75.9 Å². The van der Waals surface area contributed by atoms with Crippen molar-refractivity contribution in [2.75, 3.05) is 12.0 Å². The molecule has 0 unspecified atom stereocenters. The van der Waals surface area contributed by atoms with Crippen LogP contribution in [0.4, 0.5) is 11.4 Å². The summed E-state index contributed by atoms with van der Waals surface area (Å²) in [5.74, 6) is 0.434. The van der Waals surface area contributed by atoms with Crippen molar-refractivity contribution in [1.29, 1.82) is 0 Å². The molecule has 0 aliphatic carbocycles. The van der Waals surface area contributed by atoms with Crippen molar-refractivity contribution in [2.24, 2.45) is 0 Å². The lowest BCUT2D eigenvalue weighted by atomic mass is 9.98. The third-order valence-electron chi connectivity index (χ3n) is 6.37. The number of amides is 1. The third-order valence-corrected chi connectivity index (χ3v) is 6.37. The second-order valence-electron chi connectivity index (χ2n) is 8.64. The van der Waals surface area contributed by atoms with E-state index in [0.29, 0.717) is 30.1 Å². The molecule has 0 saturated heterocycles.